The average Bonchev–Trinajstić information content (AvgIpc) is 2.72. The van der Waals surface area contributed by atoms with E-state index in [0.29, 0.717) is 32.8 Å². The Hall–Kier alpha value is -3.21. The molecule has 0 bridgehead atoms. The van der Waals surface area contributed by atoms with Crippen molar-refractivity contribution in [2.75, 3.05) is 25.6 Å². The standard InChI is InChI=1S/C20H16Cl2N2O5/c1-27-18-10-13(2-6-17(18)28-9-8-23)3-7-20(26)29-12-19(25)24-16-11-14(21)4-5-15(16)22/h2-7,10-11H,9,12H2,1H3,(H,24,25)/b7-3+. The monoisotopic (exact) mass is 434 g/mol. The lowest BCUT2D eigenvalue weighted by atomic mass is 10.2. The van der Waals surface area contributed by atoms with Crippen LogP contribution in [-0.2, 0) is 14.3 Å². The minimum absolute atomic E-state index is 0.111. The Kier molecular flexibility index (Phi) is 8.34. The second kappa shape index (κ2) is 11.0. The summed E-state index contributed by atoms with van der Waals surface area (Å²) in [6.45, 7) is -0.601. The third-order valence-corrected chi connectivity index (χ3v) is 4.00. The number of hydrogen-bond donors (Lipinski definition) is 1. The highest BCUT2D eigenvalue weighted by atomic mass is 35.5. The summed E-state index contributed by atoms with van der Waals surface area (Å²) in [5.41, 5.74) is 0.958. The minimum Gasteiger partial charge on any atom is -0.493 e. The van der Waals surface area contributed by atoms with E-state index in [0.717, 1.165) is 0 Å². The summed E-state index contributed by atoms with van der Waals surface area (Å²) < 4.78 is 15.3. The normalized spacial score (nSPS) is 10.3. The van der Waals surface area contributed by atoms with Gasteiger partial charge >= 0.3 is 5.97 Å². The van der Waals surface area contributed by atoms with Crippen LogP contribution in [0.25, 0.3) is 6.08 Å². The SMILES string of the molecule is COc1cc(/C=C/C(=O)OCC(=O)Nc2cc(Cl)ccc2Cl)ccc1OCC#N. The smallest absolute Gasteiger partial charge is 0.331 e. The van der Waals surface area contributed by atoms with E-state index in [1.54, 1.807) is 30.3 Å². The Morgan fingerprint density at radius 3 is 2.69 bits per heavy atom. The van der Waals surface area contributed by atoms with Crippen molar-refractivity contribution in [3.05, 3.63) is 58.1 Å². The predicted molar refractivity (Wildman–Crippen MR) is 109 cm³/mol. The molecule has 0 radical (unpaired) electrons. The molecule has 0 aliphatic rings. The Bertz CT molecular complexity index is 970. The fraction of sp³-hybridized carbons (Fsp3) is 0.150. The molecule has 0 saturated carbocycles. The van der Waals surface area contributed by atoms with Crippen LogP contribution in [0.4, 0.5) is 5.69 Å². The van der Waals surface area contributed by atoms with E-state index < -0.39 is 18.5 Å². The van der Waals surface area contributed by atoms with Crippen LogP contribution in [0.1, 0.15) is 5.56 Å². The van der Waals surface area contributed by atoms with Crippen LogP contribution in [0, 0.1) is 11.3 Å². The number of benzene rings is 2. The van der Waals surface area contributed by atoms with Crippen molar-refractivity contribution >= 4 is 46.8 Å². The zero-order chi connectivity index (χ0) is 21.2. The molecule has 0 saturated heterocycles. The first-order chi connectivity index (χ1) is 13.9. The molecule has 29 heavy (non-hydrogen) atoms. The molecule has 1 N–H and O–H groups in total. The van der Waals surface area contributed by atoms with Crippen LogP contribution in [-0.4, -0.2) is 32.2 Å². The first-order valence-electron chi connectivity index (χ1n) is 8.20. The van der Waals surface area contributed by atoms with E-state index in [1.807, 2.05) is 6.07 Å². The van der Waals surface area contributed by atoms with Crippen molar-refractivity contribution in [1.29, 1.82) is 5.26 Å². The number of ether oxygens (including phenoxy) is 3. The number of esters is 1. The van der Waals surface area contributed by atoms with E-state index in [1.165, 1.54) is 25.3 Å². The molecule has 7 nitrogen and oxygen atoms in total. The molecular weight excluding hydrogens is 419 g/mol. The zero-order valence-electron chi connectivity index (χ0n) is 15.3. The van der Waals surface area contributed by atoms with Crippen LogP contribution in [0.15, 0.2) is 42.5 Å². The highest BCUT2D eigenvalue weighted by molar-refractivity contribution is 6.35. The van der Waals surface area contributed by atoms with Gasteiger partial charge in [0.15, 0.2) is 24.7 Å². The summed E-state index contributed by atoms with van der Waals surface area (Å²) in [6.07, 6.45) is 2.66. The van der Waals surface area contributed by atoms with Crippen LogP contribution in [0.5, 0.6) is 11.5 Å². The molecule has 2 aromatic carbocycles. The summed E-state index contributed by atoms with van der Waals surface area (Å²) in [4.78, 5) is 23.7. The maximum Gasteiger partial charge on any atom is 0.331 e. The van der Waals surface area contributed by atoms with E-state index in [4.69, 9.17) is 42.7 Å². The van der Waals surface area contributed by atoms with Crippen molar-refractivity contribution < 1.29 is 23.8 Å². The molecule has 150 valence electrons. The van der Waals surface area contributed by atoms with Crippen molar-refractivity contribution in [2.24, 2.45) is 0 Å². The average molecular weight is 435 g/mol. The van der Waals surface area contributed by atoms with Gasteiger partial charge in [-0.3, -0.25) is 4.79 Å². The highest BCUT2D eigenvalue weighted by Gasteiger charge is 2.09. The molecule has 0 unspecified atom stereocenters. The Labute approximate surface area is 177 Å². The summed E-state index contributed by atoms with van der Waals surface area (Å²) in [6, 6.07) is 11.4. The lowest BCUT2D eigenvalue weighted by Gasteiger charge is -2.09. The second-order valence-electron chi connectivity index (χ2n) is 5.47. The summed E-state index contributed by atoms with van der Waals surface area (Å²) in [5.74, 6) is -0.448. The molecule has 1 amide bonds. The maximum atomic E-state index is 11.9. The number of methoxy groups -OCH3 is 1. The Morgan fingerprint density at radius 1 is 1.17 bits per heavy atom. The first-order valence-corrected chi connectivity index (χ1v) is 8.96. The van der Waals surface area contributed by atoms with Crippen molar-refractivity contribution in [2.45, 2.75) is 0 Å². The van der Waals surface area contributed by atoms with Gasteiger partial charge in [-0.25, -0.2) is 4.79 Å². The highest BCUT2D eigenvalue weighted by Crippen LogP contribution is 2.28. The first kappa shape index (κ1) is 22.1. The van der Waals surface area contributed by atoms with Crippen molar-refractivity contribution in [3.63, 3.8) is 0 Å². The second-order valence-corrected chi connectivity index (χ2v) is 6.31. The lowest BCUT2D eigenvalue weighted by molar-refractivity contribution is -0.142. The molecule has 0 heterocycles. The van der Waals surface area contributed by atoms with E-state index in [-0.39, 0.29) is 6.61 Å². The Balaban J connectivity index is 1.90. The van der Waals surface area contributed by atoms with Gasteiger partial charge in [0.2, 0.25) is 0 Å². The lowest BCUT2D eigenvalue weighted by Crippen LogP contribution is -2.20. The molecule has 0 spiro atoms. The van der Waals surface area contributed by atoms with Gasteiger partial charge in [0.25, 0.3) is 5.91 Å². The maximum absolute atomic E-state index is 11.9. The van der Waals surface area contributed by atoms with E-state index in [2.05, 4.69) is 5.32 Å². The zero-order valence-corrected chi connectivity index (χ0v) is 16.8. The number of carbonyl (C=O) groups is 2. The molecule has 2 rings (SSSR count). The number of carbonyl (C=O) groups excluding carboxylic acids is 2. The number of rotatable bonds is 8. The number of hydrogen-bond acceptors (Lipinski definition) is 6. The summed E-state index contributed by atoms with van der Waals surface area (Å²) >= 11 is 11.8. The number of anilines is 1. The number of halogens is 2. The van der Waals surface area contributed by atoms with Gasteiger partial charge in [-0.2, -0.15) is 5.26 Å². The van der Waals surface area contributed by atoms with Gasteiger partial charge < -0.3 is 19.5 Å². The molecule has 0 aliphatic heterocycles. The molecular formula is C20H16Cl2N2O5. The van der Waals surface area contributed by atoms with Crippen LogP contribution >= 0.6 is 23.2 Å². The van der Waals surface area contributed by atoms with Gasteiger partial charge in [-0.15, -0.1) is 0 Å². The molecule has 0 aliphatic carbocycles. The number of nitrogens with zero attached hydrogens (tertiary/aromatic N) is 1. The quantitative estimate of drug-likeness (QED) is 0.495. The van der Waals surface area contributed by atoms with E-state index in [9.17, 15) is 9.59 Å². The molecule has 0 fully saturated rings. The molecule has 9 heteroatoms. The number of nitrogens with one attached hydrogen (secondary N) is 1. The third kappa shape index (κ3) is 7.03. The number of nitriles is 1. The Morgan fingerprint density at radius 2 is 1.97 bits per heavy atom. The third-order valence-electron chi connectivity index (χ3n) is 3.44. The summed E-state index contributed by atoms with van der Waals surface area (Å²) in [7, 11) is 1.46. The van der Waals surface area contributed by atoms with Crippen molar-refractivity contribution in [1.82, 2.24) is 0 Å². The van der Waals surface area contributed by atoms with E-state index >= 15 is 0 Å². The fourth-order valence-corrected chi connectivity index (χ4v) is 2.48. The summed E-state index contributed by atoms with van der Waals surface area (Å²) in [5, 5.41) is 11.8. The molecule has 0 aromatic heterocycles. The van der Waals surface area contributed by atoms with Gasteiger partial charge in [0.05, 0.1) is 17.8 Å². The van der Waals surface area contributed by atoms with Crippen LogP contribution in [0.3, 0.4) is 0 Å². The molecule has 0 atom stereocenters. The van der Waals surface area contributed by atoms with Gasteiger partial charge in [0.1, 0.15) is 6.07 Å². The van der Waals surface area contributed by atoms with Gasteiger partial charge in [-0.05, 0) is 42.0 Å². The van der Waals surface area contributed by atoms with Gasteiger partial charge in [-0.1, -0.05) is 29.3 Å². The fourth-order valence-electron chi connectivity index (χ4n) is 2.15. The molecule has 2 aromatic rings. The largest absolute Gasteiger partial charge is 0.493 e. The minimum atomic E-state index is -0.707. The predicted octanol–water partition coefficient (Wildman–Crippen LogP) is 4.10. The van der Waals surface area contributed by atoms with Gasteiger partial charge in [0, 0.05) is 11.1 Å². The topological polar surface area (TPSA) is 97.7 Å². The van der Waals surface area contributed by atoms with Crippen LogP contribution in [0.2, 0.25) is 10.0 Å². The van der Waals surface area contributed by atoms with Crippen LogP contribution < -0.4 is 14.8 Å². The number of amides is 1. The van der Waals surface area contributed by atoms with Crippen molar-refractivity contribution in [3.8, 4) is 17.6 Å².